The number of nitrogens with zero attached hydrogens (tertiary/aromatic N) is 2. The Balaban J connectivity index is 1.60. The van der Waals surface area contributed by atoms with Gasteiger partial charge in [-0.1, -0.05) is 23.4 Å². The highest BCUT2D eigenvalue weighted by Crippen LogP contribution is 2.24. The van der Waals surface area contributed by atoms with Gasteiger partial charge in [0.2, 0.25) is 0 Å². The van der Waals surface area contributed by atoms with Gasteiger partial charge in [0.15, 0.2) is 0 Å². The lowest BCUT2D eigenvalue weighted by Crippen LogP contribution is -2.49. The largest absolute Gasteiger partial charge is 0.370 e. The van der Waals surface area contributed by atoms with Gasteiger partial charge in [-0.2, -0.15) is 0 Å². The number of carbonyl (C=O) groups is 1. The minimum Gasteiger partial charge on any atom is -0.370 e. The van der Waals surface area contributed by atoms with Gasteiger partial charge in [0.1, 0.15) is 17.7 Å². The van der Waals surface area contributed by atoms with Crippen molar-refractivity contribution in [1.29, 1.82) is 0 Å². The molecule has 1 aliphatic rings. The van der Waals surface area contributed by atoms with Crippen molar-refractivity contribution in [2.75, 3.05) is 19.7 Å². The fraction of sp³-hybridized carbons (Fsp3) is 0.474. The van der Waals surface area contributed by atoms with Crippen molar-refractivity contribution in [1.82, 2.24) is 15.4 Å². The Morgan fingerprint density at radius 2 is 2.19 bits per heavy atom. The van der Waals surface area contributed by atoms with Crippen molar-refractivity contribution in [3.05, 3.63) is 52.7 Å². The number of halogens is 1. The number of morpholine rings is 1. The van der Waals surface area contributed by atoms with Crippen molar-refractivity contribution >= 4 is 6.03 Å². The standard InChI is InChI=1S/C19H24FN3O3/c1-12(10-16-13(2)22-26-14(16)3)21-19(24)23-8-9-25-18(11-23)15-6-4-5-7-17(15)20/h4-7,12,18H,8-11H2,1-3H3,(H,21,24)/t12-,18+/m0/s1. The highest BCUT2D eigenvalue weighted by Gasteiger charge is 2.28. The summed E-state index contributed by atoms with van der Waals surface area (Å²) in [7, 11) is 0. The monoisotopic (exact) mass is 361 g/mol. The first-order valence-corrected chi connectivity index (χ1v) is 8.79. The number of carbonyl (C=O) groups excluding carboxylic acids is 1. The number of benzene rings is 1. The van der Waals surface area contributed by atoms with Crippen LogP contribution < -0.4 is 5.32 Å². The Morgan fingerprint density at radius 3 is 2.88 bits per heavy atom. The van der Waals surface area contributed by atoms with Gasteiger partial charge >= 0.3 is 6.03 Å². The van der Waals surface area contributed by atoms with E-state index in [2.05, 4.69) is 10.5 Å². The predicted octanol–water partition coefficient (Wildman–Crippen LogP) is 3.14. The number of ether oxygens (including phenoxy) is 1. The van der Waals surface area contributed by atoms with Crippen LogP contribution in [0.1, 0.15) is 35.6 Å². The number of rotatable bonds is 4. The fourth-order valence-corrected chi connectivity index (χ4v) is 3.21. The lowest BCUT2D eigenvalue weighted by Gasteiger charge is -2.34. The van der Waals surface area contributed by atoms with Crippen molar-refractivity contribution in [2.24, 2.45) is 0 Å². The molecule has 1 N–H and O–H groups in total. The van der Waals surface area contributed by atoms with Crippen LogP contribution in [-0.2, 0) is 11.2 Å². The number of aryl methyl sites for hydroxylation is 2. The average molecular weight is 361 g/mol. The Morgan fingerprint density at radius 1 is 1.42 bits per heavy atom. The third-order valence-electron chi connectivity index (χ3n) is 4.67. The minimum atomic E-state index is -0.450. The van der Waals surface area contributed by atoms with E-state index < -0.39 is 6.10 Å². The quantitative estimate of drug-likeness (QED) is 0.908. The van der Waals surface area contributed by atoms with Crippen LogP contribution in [0.5, 0.6) is 0 Å². The van der Waals surface area contributed by atoms with E-state index in [1.165, 1.54) is 6.07 Å². The topological polar surface area (TPSA) is 67.6 Å². The van der Waals surface area contributed by atoms with Gasteiger partial charge < -0.3 is 19.5 Å². The molecule has 0 bridgehead atoms. The molecule has 2 atom stereocenters. The smallest absolute Gasteiger partial charge is 0.317 e. The van der Waals surface area contributed by atoms with Crippen molar-refractivity contribution in [3.8, 4) is 0 Å². The first kappa shape index (κ1) is 18.4. The molecule has 0 unspecified atom stereocenters. The van der Waals surface area contributed by atoms with Gasteiger partial charge in [-0.25, -0.2) is 9.18 Å². The number of amides is 2. The van der Waals surface area contributed by atoms with Crippen LogP contribution in [0.3, 0.4) is 0 Å². The van der Waals surface area contributed by atoms with E-state index in [0.29, 0.717) is 31.7 Å². The SMILES string of the molecule is Cc1noc(C)c1C[C@H](C)NC(=O)N1CCO[C@@H](c2ccccc2F)C1. The third-order valence-corrected chi connectivity index (χ3v) is 4.67. The van der Waals surface area contributed by atoms with Crippen LogP contribution in [0.4, 0.5) is 9.18 Å². The van der Waals surface area contributed by atoms with E-state index in [9.17, 15) is 9.18 Å². The molecule has 0 saturated carbocycles. The molecule has 2 heterocycles. The van der Waals surface area contributed by atoms with Gasteiger partial charge in [-0.05, 0) is 33.3 Å². The summed E-state index contributed by atoms with van der Waals surface area (Å²) in [6, 6.07) is 6.27. The molecule has 26 heavy (non-hydrogen) atoms. The second-order valence-corrected chi connectivity index (χ2v) is 6.68. The molecule has 2 aromatic rings. The second-order valence-electron chi connectivity index (χ2n) is 6.68. The Hall–Kier alpha value is -2.41. The lowest BCUT2D eigenvalue weighted by molar-refractivity contribution is -0.0174. The summed E-state index contributed by atoms with van der Waals surface area (Å²) in [5.41, 5.74) is 2.34. The summed E-state index contributed by atoms with van der Waals surface area (Å²) in [6.45, 7) is 6.88. The van der Waals surface area contributed by atoms with Crippen molar-refractivity contribution in [3.63, 3.8) is 0 Å². The van der Waals surface area contributed by atoms with E-state index in [0.717, 1.165) is 17.0 Å². The van der Waals surface area contributed by atoms with E-state index in [4.69, 9.17) is 9.26 Å². The fourth-order valence-electron chi connectivity index (χ4n) is 3.21. The summed E-state index contributed by atoms with van der Waals surface area (Å²) in [5, 5.41) is 6.94. The molecule has 1 aromatic heterocycles. The summed E-state index contributed by atoms with van der Waals surface area (Å²) in [5.74, 6) is 0.459. The first-order valence-electron chi connectivity index (χ1n) is 8.79. The molecule has 7 heteroatoms. The molecular weight excluding hydrogens is 337 g/mol. The molecule has 1 aromatic carbocycles. The van der Waals surface area contributed by atoms with Crippen LogP contribution in [-0.4, -0.2) is 41.8 Å². The van der Waals surface area contributed by atoms with Gasteiger partial charge in [-0.3, -0.25) is 0 Å². The van der Waals surface area contributed by atoms with Gasteiger partial charge in [0.05, 0.1) is 18.8 Å². The third kappa shape index (κ3) is 4.04. The molecule has 1 fully saturated rings. The number of hydrogen-bond donors (Lipinski definition) is 1. The zero-order valence-electron chi connectivity index (χ0n) is 15.3. The molecule has 3 rings (SSSR count). The second kappa shape index (κ2) is 7.86. The van der Waals surface area contributed by atoms with Crippen LogP contribution in [0.2, 0.25) is 0 Å². The van der Waals surface area contributed by atoms with Crippen LogP contribution in [0.15, 0.2) is 28.8 Å². The van der Waals surface area contributed by atoms with Crippen LogP contribution in [0.25, 0.3) is 0 Å². The maximum absolute atomic E-state index is 14.0. The average Bonchev–Trinajstić information content (AvgIpc) is 2.94. The van der Waals surface area contributed by atoms with E-state index in [1.807, 2.05) is 20.8 Å². The highest BCUT2D eigenvalue weighted by molar-refractivity contribution is 5.74. The van der Waals surface area contributed by atoms with Gasteiger partial charge in [0, 0.05) is 23.7 Å². The predicted molar refractivity (Wildman–Crippen MR) is 94.3 cm³/mol. The zero-order chi connectivity index (χ0) is 18.7. The summed E-state index contributed by atoms with van der Waals surface area (Å²) >= 11 is 0. The highest BCUT2D eigenvalue weighted by atomic mass is 19.1. The molecule has 2 amide bonds. The number of hydrogen-bond acceptors (Lipinski definition) is 4. The van der Waals surface area contributed by atoms with E-state index >= 15 is 0 Å². The summed E-state index contributed by atoms with van der Waals surface area (Å²) in [6.07, 6.45) is 0.196. The number of nitrogens with one attached hydrogen (secondary N) is 1. The molecular formula is C19H24FN3O3. The maximum atomic E-state index is 14.0. The van der Waals surface area contributed by atoms with Crippen LogP contribution >= 0.6 is 0 Å². The molecule has 0 aliphatic carbocycles. The molecule has 6 nitrogen and oxygen atoms in total. The first-order chi connectivity index (χ1) is 12.5. The van der Waals surface area contributed by atoms with E-state index in [1.54, 1.807) is 23.1 Å². The minimum absolute atomic E-state index is 0.0749. The Bertz CT molecular complexity index is 758. The number of aromatic nitrogens is 1. The number of urea groups is 1. The van der Waals surface area contributed by atoms with E-state index in [-0.39, 0.29) is 17.9 Å². The lowest BCUT2D eigenvalue weighted by atomic mass is 10.1. The Kier molecular flexibility index (Phi) is 5.56. The maximum Gasteiger partial charge on any atom is 0.317 e. The summed E-state index contributed by atoms with van der Waals surface area (Å²) in [4.78, 5) is 14.3. The van der Waals surface area contributed by atoms with Crippen molar-refractivity contribution < 1.29 is 18.4 Å². The van der Waals surface area contributed by atoms with Crippen molar-refractivity contribution in [2.45, 2.75) is 39.3 Å². The molecule has 0 spiro atoms. The molecule has 0 radical (unpaired) electrons. The Labute approximate surface area is 152 Å². The molecule has 1 aliphatic heterocycles. The zero-order valence-corrected chi connectivity index (χ0v) is 15.3. The molecule has 140 valence electrons. The summed E-state index contributed by atoms with van der Waals surface area (Å²) < 4.78 is 24.8. The van der Waals surface area contributed by atoms with Gasteiger partial charge in [-0.15, -0.1) is 0 Å². The van der Waals surface area contributed by atoms with Crippen LogP contribution in [0, 0.1) is 19.7 Å². The normalized spacial score (nSPS) is 18.6. The van der Waals surface area contributed by atoms with Gasteiger partial charge in [0.25, 0.3) is 0 Å². The molecule has 1 saturated heterocycles.